The van der Waals surface area contributed by atoms with E-state index >= 15 is 0 Å². The topological polar surface area (TPSA) is 89.7 Å². The molecule has 0 radical (unpaired) electrons. The predicted molar refractivity (Wildman–Crippen MR) is 111 cm³/mol. The zero-order valence-corrected chi connectivity index (χ0v) is 17.4. The molecule has 2 heterocycles. The van der Waals surface area contributed by atoms with Crippen molar-refractivity contribution >= 4 is 15.7 Å². The maximum absolute atomic E-state index is 12.6. The van der Waals surface area contributed by atoms with Crippen molar-refractivity contribution in [3.05, 3.63) is 71.6 Å². The highest BCUT2D eigenvalue weighted by Crippen LogP contribution is 2.25. The minimum absolute atomic E-state index is 0.0388. The molecule has 1 aromatic heterocycles. The fourth-order valence-electron chi connectivity index (χ4n) is 3.28. The molecule has 8 heteroatoms. The maximum atomic E-state index is 12.6. The number of rotatable bonds is 5. The first-order valence-electron chi connectivity index (χ1n) is 9.65. The Labute approximate surface area is 175 Å². The number of aromatic nitrogens is 1. The molecular formula is C22H22N2O5S. The molecule has 0 N–H and O–H groups in total. The summed E-state index contributed by atoms with van der Waals surface area (Å²) in [5, 5.41) is 0. The summed E-state index contributed by atoms with van der Waals surface area (Å²) in [4.78, 5) is 19.0. The summed E-state index contributed by atoms with van der Waals surface area (Å²) in [6.45, 7) is 3.96. The average molecular weight is 426 g/mol. The van der Waals surface area contributed by atoms with Crippen LogP contribution >= 0.6 is 0 Å². The summed E-state index contributed by atoms with van der Waals surface area (Å²) in [6, 6.07) is 15.3. The summed E-state index contributed by atoms with van der Waals surface area (Å²) < 4.78 is 36.3. The molecule has 0 saturated carbocycles. The van der Waals surface area contributed by atoms with E-state index in [0.29, 0.717) is 54.8 Å². The number of hydrogen-bond acceptors (Lipinski definition) is 6. The highest BCUT2D eigenvalue weighted by molar-refractivity contribution is 7.90. The summed E-state index contributed by atoms with van der Waals surface area (Å²) >= 11 is 0. The van der Waals surface area contributed by atoms with Gasteiger partial charge in [0.15, 0.2) is 9.84 Å². The lowest BCUT2D eigenvalue weighted by atomic mass is 10.1. The number of nitrogens with zero attached hydrogens (tertiary/aromatic N) is 2. The Morgan fingerprint density at radius 1 is 1.03 bits per heavy atom. The summed E-state index contributed by atoms with van der Waals surface area (Å²) in [6.07, 6.45) is 0. The Morgan fingerprint density at radius 3 is 2.37 bits per heavy atom. The molecule has 156 valence electrons. The average Bonchev–Trinajstić information content (AvgIpc) is 3.14. The lowest BCUT2D eigenvalue weighted by Gasteiger charge is -2.26. The number of carbonyl (C=O) groups is 1. The van der Waals surface area contributed by atoms with Gasteiger partial charge in [-0.15, -0.1) is 0 Å². The number of ether oxygens (including phenoxy) is 1. The minimum Gasteiger partial charge on any atom is -0.441 e. The fourth-order valence-corrected chi connectivity index (χ4v) is 4.65. The maximum Gasteiger partial charge on any atom is 0.254 e. The first-order chi connectivity index (χ1) is 14.4. The van der Waals surface area contributed by atoms with Gasteiger partial charge in [-0.05, 0) is 43.3 Å². The van der Waals surface area contributed by atoms with Gasteiger partial charge in [-0.3, -0.25) is 4.79 Å². The van der Waals surface area contributed by atoms with Crippen LogP contribution in [0.15, 0.2) is 63.9 Å². The summed E-state index contributed by atoms with van der Waals surface area (Å²) in [5.41, 5.74) is 1.64. The Balaban J connectivity index is 1.52. The number of morpholine rings is 1. The number of hydrogen-bond donors (Lipinski definition) is 0. The van der Waals surface area contributed by atoms with E-state index in [2.05, 4.69) is 4.98 Å². The molecule has 0 bridgehead atoms. The van der Waals surface area contributed by atoms with Crippen molar-refractivity contribution in [2.75, 3.05) is 26.3 Å². The lowest BCUT2D eigenvalue weighted by molar-refractivity contribution is 0.0303. The van der Waals surface area contributed by atoms with Gasteiger partial charge in [-0.1, -0.05) is 18.2 Å². The predicted octanol–water partition coefficient (Wildman–Crippen LogP) is 3.10. The number of sulfone groups is 1. The van der Waals surface area contributed by atoms with E-state index in [9.17, 15) is 13.2 Å². The lowest BCUT2D eigenvalue weighted by Crippen LogP contribution is -2.40. The zero-order chi connectivity index (χ0) is 21.1. The van der Waals surface area contributed by atoms with E-state index in [1.807, 2.05) is 0 Å². The van der Waals surface area contributed by atoms with Crippen molar-refractivity contribution in [2.24, 2.45) is 0 Å². The standard InChI is InChI=1S/C22H22N2O5S/c1-16-20(15-30(26,27)19-5-3-2-4-6-19)23-21(29-16)17-7-9-18(10-8-17)22(25)24-11-13-28-14-12-24/h2-10H,11-15H2,1H3. The molecule has 1 aliphatic heterocycles. The molecular weight excluding hydrogens is 404 g/mol. The molecule has 4 rings (SSSR count). The Hall–Kier alpha value is -2.97. The highest BCUT2D eigenvalue weighted by Gasteiger charge is 2.22. The van der Waals surface area contributed by atoms with Crippen molar-refractivity contribution in [1.29, 1.82) is 0 Å². The molecule has 30 heavy (non-hydrogen) atoms. The second kappa shape index (κ2) is 8.41. The number of oxazole rings is 1. The van der Waals surface area contributed by atoms with E-state index in [0.717, 1.165) is 0 Å². The molecule has 0 atom stereocenters. The first-order valence-corrected chi connectivity index (χ1v) is 11.3. The third-order valence-electron chi connectivity index (χ3n) is 5.00. The third-order valence-corrected chi connectivity index (χ3v) is 6.64. The van der Waals surface area contributed by atoms with Crippen molar-refractivity contribution < 1.29 is 22.4 Å². The zero-order valence-electron chi connectivity index (χ0n) is 16.6. The van der Waals surface area contributed by atoms with Crippen molar-refractivity contribution in [3.63, 3.8) is 0 Å². The molecule has 1 saturated heterocycles. The SMILES string of the molecule is Cc1oc(-c2ccc(C(=O)N3CCOCC3)cc2)nc1CS(=O)(=O)c1ccccc1. The normalized spacial score (nSPS) is 14.6. The summed E-state index contributed by atoms with van der Waals surface area (Å²) in [7, 11) is -3.52. The van der Waals surface area contributed by atoms with E-state index in [-0.39, 0.29) is 16.6 Å². The van der Waals surface area contributed by atoms with Crippen molar-refractivity contribution in [3.8, 4) is 11.5 Å². The molecule has 3 aromatic rings. The van der Waals surface area contributed by atoms with E-state index in [1.54, 1.807) is 66.4 Å². The second-order valence-electron chi connectivity index (χ2n) is 7.08. The van der Waals surface area contributed by atoms with Gasteiger partial charge in [0.25, 0.3) is 5.91 Å². The van der Waals surface area contributed by atoms with Crippen LogP contribution in [0.5, 0.6) is 0 Å². The Kier molecular flexibility index (Phi) is 5.69. The van der Waals surface area contributed by atoms with Crippen LogP contribution in [-0.2, 0) is 20.3 Å². The van der Waals surface area contributed by atoms with Crippen LogP contribution in [0.4, 0.5) is 0 Å². The molecule has 0 spiro atoms. The van der Waals surface area contributed by atoms with Gasteiger partial charge in [0, 0.05) is 24.2 Å². The molecule has 1 amide bonds. The molecule has 7 nitrogen and oxygen atoms in total. The van der Waals surface area contributed by atoms with Crippen molar-refractivity contribution in [1.82, 2.24) is 9.88 Å². The van der Waals surface area contributed by atoms with Gasteiger partial charge in [0.05, 0.1) is 23.8 Å². The minimum atomic E-state index is -3.52. The number of benzene rings is 2. The number of carbonyl (C=O) groups excluding carboxylic acids is 1. The number of amides is 1. The highest BCUT2D eigenvalue weighted by atomic mass is 32.2. The van der Waals surface area contributed by atoms with Crippen LogP contribution in [0.3, 0.4) is 0 Å². The fraction of sp³-hybridized carbons (Fsp3) is 0.273. The molecule has 1 aliphatic rings. The van der Waals surface area contributed by atoms with Gasteiger partial charge in [-0.25, -0.2) is 13.4 Å². The largest absolute Gasteiger partial charge is 0.441 e. The monoisotopic (exact) mass is 426 g/mol. The van der Waals surface area contributed by atoms with E-state index in [1.165, 1.54) is 0 Å². The smallest absolute Gasteiger partial charge is 0.254 e. The first kappa shape index (κ1) is 20.3. The van der Waals surface area contributed by atoms with Gasteiger partial charge < -0.3 is 14.1 Å². The summed E-state index contributed by atoms with van der Waals surface area (Å²) in [5.74, 6) is 0.511. The Morgan fingerprint density at radius 2 is 1.70 bits per heavy atom. The van der Waals surface area contributed by atoms with Crippen LogP contribution in [0.2, 0.25) is 0 Å². The molecule has 2 aromatic carbocycles. The van der Waals surface area contributed by atoms with Crippen LogP contribution in [0.1, 0.15) is 21.8 Å². The van der Waals surface area contributed by atoms with Gasteiger partial charge in [-0.2, -0.15) is 0 Å². The molecule has 0 aliphatic carbocycles. The van der Waals surface area contributed by atoms with Crippen molar-refractivity contribution in [2.45, 2.75) is 17.6 Å². The Bertz CT molecular complexity index is 1130. The number of aryl methyl sites for hydroxylation is 1. The van der Waals surface area contributed by atoms with Gasteiger partial charge in [0.1, 0.15) is 11.5 Å². The molecule has 0 unspecified atom stereocenters. The second-order valence-corrected chi connectivity index (χ2v) is 9.07. The molecule has 1 fully saturated rings. The van der Waals surface area contributed by atoms with Crippen LogP contribution in [0, 0.1) is 6.92 Å². The van der Waals surface area contributed by atoms with E-state index < -0.39 is 9.84 Å². The van der Waals surface area contributed by atoms with E-state index in [4.69, 9.17) is 9.15 Å². The van der Waals surface area contributed by atoms with Crippen LogP contribution in [0.25, 0.3) is 11.5 Å². The van der Waals surface area contributed by atoms with Crippen LogP contribution < -0.4 is 0 Å². The van der Waals surface area contributed by atoms with Gasteiger partial charge in [0.2, 0.25) is 5.89 Å². The third kappa shape index (κ3) is 4.29. The van der Waals surface area contributed by atoms with Gasteiger partial charge >= 0.3 is 0 Å². The van der Waals surface area contributed by atoms with Crippen LogP contribution in [-0.4, -0.2) is 50.5 Å². The quantitative estimate of drug-likeness (QED) is 0.623.